The molecule has 0 bridgehead atoms. The molecule has 1 heterocycles. The fraction of sp³-hybridized carbons (Fsp3) is 0.368. The molecule has 1 aliphatic carbocycles. The van der Waals surface area contributed by atoms with Gasteiger partial charge in [-0.05, 0) is 37.1 Å². The van der Waals surface area contributed by atoms with E-state index >= 15 is 0 Å². The highest BCUT2D eigenvalue weighted by atomic mass is 16.5. The second-order valence-corrected chi connectivity index (χ2v) is 6.22. The molecular weight excluding hydrogens is 338 g/mol. The number of imide groups is 1. The van der Waals surface area contributed by atoms with E-state index in [-0.39, 0.29) is 42.4 Å². The molecule has 1 saturated heterocycles. The number of benzene rings is 1. The highest BCUT2D eigenvalue weighted by Crippen LogP contribution is 2.35. The van der Waals surface area contributed by atoms with Crippen LogP contribution in [0.4, 0.5) is 0 Å². The lowest BCUT2D eigenvalue weighted by Crippen LogP contribution is -2.33. The Kier molecular flexibility index (Phi) is 5.16. The van der Waals surface area contributed by atoms with Crippen LogP contribution in [0.3, 0.4) is 0 Å². The third-order valence-electron chi connectivity index (χ3n) is 4.65. The molecule has 1 aromatic carbocycles. The highest BCUT2D eigenvalue weighted by Gasteiger charge is 2.46. The minimum absolute atomic E-state index is 0.0176. The predicted octanol–water partition coefficient (Wildman–Crippen LogP) is 1.72. The van der Waals surface area contributed by atoms with Gasteiger partial charge in [-0.3, -0.25) is 19.3 Å². The highest BCUT2D eigenvalue weighted by molar-refractivity contribution is 6.05. The van der Waals surface area contributed by atoms with Gasteiger partial charge in [0.25, 0.3) is 0 Å². The summed E-state index contributed by atoms with van der Waals surface area (Å²) >= 11 is 0. The molecule has 1 aliphatic heterocycles. The zero-order valence-electron chi connectivity index (χ0n) is 14.3. The van der Waals surface area contributed by atoms with E-state index in [1.54, 1.807) is 0 Å². The summed E-state index contributed by atoms with van der Waals surface area (Å²) in [5.74, 6) is -1.77. The molecule has 136 valence electrons. The Morgan fingerprint density at radius 3 is 2.15 bits per heavy atom. The number of rotatable bonds is 5. The first kappa shape index (κ1) is 17.8. The number of fused-ring (bicyclic) bond motifs is 1. The number of ether oxygens (including phenoxy) is 2. The molecule has 26 heavy (non-hydrogen) atoms. The molecule has 7 heteroatoms. The maximum absolute atomic E-state index is 12.3. The molecule has 2 atom stereocenters. The van der Waals surface area contributed by atoms with Gasteiger partial charge in [0.1, 0.15) is 5.75 Å². The summed E-state index contributed by atoms with van der Waals surface area (Å²) in [6.07, 6.45) is 4.90. The van der Waals surface area contributed by atoms with Gasteiger partial charge in [0, 0.05) is 6.54 Å². The summed E-state index contributed by atoms with van der Waals surface area (Å²) in [4.78, 5) is 49.2. The van der Waals surface area contributed by atoms with Crippen LogP contribution in [0.15, 0.2) is 36.4 Å². The van der Waals surface area contributed by atoms with Gasteiger partial charge in [0.2, 0.25) is 11.8 Å². The Labute approximate surface area is 150 Å². The lowest BCUT2D eigenvalue weighted by Gasteiger charge is -2.14. The van der Waals surface area contributed by atoms with E-state index in [0.717, 1.165) is 0 Å². The first-order valence-electron chi connectivity index (χ1n) is 8.40. The van der Waals surface area contributed by atoms with Crippen LogP contribution in [0.2, 0.25) is 0 Å². The predicted molar refractivity (Wildman–Crippen MR) is 90.1 cm³/mol. The van der Waals surface area contributed by atoms with Crippen LogP contribution in [0.5, 0.6) is 5.75 Å². The molecule has 3 rings (SSSR count). The van der Waals surface area contributed by atoms with Crippen molar-refractivity contribution in [1.29, 1.82) is 0 Å². The van der Waals surface area contributed by atoms with Gasteiger partial charge in [-0.2, -0.15) is 0 Å². The fourth-order valence-corrected chi connectivity index (χ4v) is 3.25. The minimum Gasteiger partial charge on any atom is -0.465 e. The summed E-state index contributed by atoms with van der Waals surface area (Å²) in [7, 11) is 1.28. The van der Waals surface area contributed by atoms with Crippen LogP contribution in [-0.2, 0) is 19.1 Å². The lowest BCUT2D eigenvalue weighted by atomic mass is 9.85. The molecule has 0 aromatic heterocycles. The number of amides is 2. The van der Waals surface area contributed by atoms with Crippen molar-refractivity contribution in [2.75, 3.05) is 13.7 Å². The van der Waals surface area contributed by atoms with Crippen molar-refractivity contribution in [3.05, 3.63) is 42.0 Å². The smallest absolute Gasteiger partial charge is 0.337 e. The number of methoxy groups -OCH3 is 1. The lowest BCUT2D eigenvalue weighted by molar-refractivity contribution is -0.141. The van der Waals surface area contributed by atoms with Gasteiger partial charge in [0.15, 0.2) is 0 Å². The van der Waals surface area contributed by atoms with Crippen molar-refractivity contribution in [1.82, 2.24) is 4.90 Å². The fourth-order valence-electron chi connectivity index (χ4n) is 3.25. The Bertz CT molecular complexity index is 741. The maximum atomic E-state index is 12.3. The molecule has 2 aliphatic rings. The van der Waals surface area contributed by atoms with E-state index in [4.69, 9.17) is 4.74 Å². The van der Waals surface area contributed by atoms with Crippen LogP contribution in [0.25, 0.3) is 0 Å². The topological polar surface area (TPSA) is 90.0 Å². The van der Waals surface area contributed by atoms with Gasteiger partial charge < -0.3 is 9.47 Å². The van der Waals surface area contributed by atoms with E-state index in [1.165, 1.54) is 36.3 Å². The zero-order chi connectivity index (χ0) is 18.7. The van der Waals surface area contributed by atoms with Gasteiger partial charge in [0.05, 0.1) is 30.9 Å². The maximum Gasteiger partial charge on any atom is 0.337 e. The van der Waals surface area contributed by atoms with Crippen molar-refractivity contribution < 1.29 is 28.7 Å². The van der Waals surface area contributed by atoms with Crippen LogP contribution < -0.4 is 4.74 Å². The van der Waals surface area contributed by atoms with E-state index in [9.17, 15) is 19.2 Å². The van der Waals surface area contributed by atoms with Gasteiger partial charge >= 0.3 is 11.9 Å². The average Bonchev–Trinajstić information content (AvgIpc) is 2.91. The van der Waals surface area contributed by atoms with Crippen molar-refractivity contribution in [3.63, 3.8) is 0 Å². The quantitative estimate of drug-likeness (QED) is 0.345. The number of carbonyl (C=O) groups excluding carboxylic acids is 4. The van der Waals surface area contributed by atoms with Crippen LogP contribution in [-0.4, -0.2) is 42.3 Å². The second kappa shape index (κ2) is 7.51. The second-order valence-electron chi connectivity index (χ2n) is 6.22. The van der Waals surface area contributed by atoms with Crippen LogP contribution in [0.1, 0.15) is 29.6 Å². The Morgan fingerprint density at radius 1 is 1.04 bits per heavy atom. The number of allylic oxidation sites excluding steroid dienone is 2. The Hall–Kier alpha value is -2.96. The SMILES string of the molecule is COC(=O)c1ccc(OC(=O)CCN2C(=O)[C@H]3CC=CC[C@H]3C2=O)cc1. The summed E-state index contributed by atoms with van der Waals surface area (Å²) < 4.78 is 9.77. The monoisotopic (exact) mass is 357 g/mol. The first-order valence-corrected chi connectivity index (χ1v) is 8.40. The molecule has 0 unspecified atom stereocenters. The van der Waals surface area contributed by atoms with E-state index in [0.29, 0.717) is 18.4 Å². The third kappa shape index (κ3) is 3.51. The van der Waals surface area contributed by atoms with Crippen molar-refractivity contribution in [2.24, 2.45) is 11.8 Å². The number of hydrogen-bond donors (Lipinski definition) is 0. The number of nitrogens with zero attached hydrogens (tertiary/aromatic N) is 1. The normalized spacial score (nSPS) is 21.5. The largest absolute Gasteiger partial charge is 0.465 e. The van der Waals surface area contributed by atoms with Crippen molar-refractivity contribution >= 4 is 23.8 Å². The molecule has 1 fully saturated rings. The molecule has 0 radical (unpaired) electrons. The van der Waals surface area contributed by atoms with Gasteiger partial charge in [-0.1, -0.05) is 12.2 Å². The van der Waals surface area contributed by atoms with Gasteiger partial charge in [-0.15, -0.1) is 0 Å². The third-order valence-corrected chi connectivity index (χ3v) is 4.65. The van der Waals surface area contributed by atoms with Crippen LogP contribution >= 0.6 is 0 Å². The molecule has 0 spiro atoms. The summed E-state index contributed by atoms with van der Waals surface area (Å²) in [5, 5.41) is 0. The summed E-state index contributed by atoms with van der Waals surface area (Å²) in [6, 6.07) is 5.94. The summed E-state index contributed by atoms with van der Waals surface area (Å²) in [6.45, 7) is 0.0176. The van der Waals surface area contributed by atoms with Crippen LogP contribution in [0, 0.1) is 11.8 Å². The number of esters is 2. The van der Waals surface area contributed by atoms with E-state index in [1.807, 2.05) is 12.2 Å². The Balaban J connectivity index is 1.53. The first-order chi connectivity index (χ1) is 12.5. The molecule has 2 amide bonds. The Morgan fingerprint density at radius 2 is 1.62 bits per heavy atom. The van der Waals surface area contributed by atoms with Gasteiger partial charge in [-0.25, -0.2) is 4.79 Å². The zero-order valence-corrected chi connectivity index (χ0v) is 14.3. The standard InChI is InChI=1S/C19H19NO6/c1-25-19(24)12-6-8-13(9-7-12)26-16(21)10-11-20-17(22)14-4-2-3-5-15(14)18(20)23/h2-3,6-9,14-15H,4-5,10-11H2,1H3/t14-,15+. The number of likely N-dealkylation sites (tertiary alicyclic amines) is 1. The molecule has 1 aromatic rings. The molecular formula is C19H19NO6. The molecule has 7 nitrogen and oxygen atoms in total. The van der Waals surface area contributed by atoms with Crippen molar-refractivity contribution in [2.45, 2.75) is 19.3 Å². The van der Waals surface area contributed by atoms with Crippen molar-refractivity contribution in [3.8, 4) is 5.75 Å². The molecule has 0 saturated carbocycles. The van der Waals surface area contributed by atoms with E-state index < -0.39 is 11.9 Å². The average molecular weight is 357 g/mol. The number of carbonyl (C=O) groups is 4. The minimum atomic E-state index is -0.551. The van der Waals surface area contributed by atoms with E-state index in [2.05, 4.69) is 4.74 Å². The molecule has 0 N–H and O–H groups in total. The summed E-state index contributed by atoms with van der Waals surface area (Å²) in [5.41, 5.74) is 0.344. The number of hydrogen-bond acceptors (Lipinski definition) is 6.